The summed E-state index contributed by atoms with van der Waals surface area (Å²) in [5.41, 5.74) is 0.635. The van der Waals surface area contributed by atoms with Crippen LogP contribution in [0.4, 0.5) is 0 Å². The number of thiocarbonyl (C=S) groups is 1. The van der Waals surface area contributed by atoms with Crippen LogP contribution in [0.3, 0.4) is 0 Å². The van der Waals surface area contributed by atoms with Crippen molar-refractivity contribution in [3.05, 3.63) is 34.5 Å². The molecule has 1 heterocycles. The molecule has 1 aliphatic heterocycles. The minimum atomic E-state index is -0.211. The summed E-state index contributed by atoms with van der Waals surface area (Å²) >= 11 is 6.04. The number of hydrogen-bond donors (Lipinski definition) is 2. The quantitative estimate of drug-likeness (QED) is 0.337. The molecule has 1 fully saturated rings. The first-order chi connectivity index (χ1) is 7.04. The molecular weight excluding hydrogens is 230 g/mol. The van der Waals surface area contributed by atoms with Gasteiger partial charge in [0.05, 0.1) is 4.91 Å². The van der Waals surface area contributed by atoms with E-state index < -0.39 is 0 Å². The van der Waals surface area contributed by atoms with Crippen LogP contribution >= 0.6 is 24.0 Å². The van der Waals surface area contributed by atoms with E-state index in [2.05, 4.69) is 5.32 Å². The van der Waals surface area contributed by atoms with Crippen LogP contribution in [0, 0.1) is 0 Å². The molecule has 1 aliphatic rings. The highest BCUT2D eigenvalue weighted by atomic mass is 32.2. The number of aliphatic hydroxyl groups excluding tert-OH is 1. The third kappa shape index (κ3) is 3.21. The van der Waals surface area contributed by atoms with E-state index in [0.717, 1.165) is 0 Å². The number of nitrogens with one attached hydrogen (secondary N) is 1. The number of carbonyl (C=O) groups is 1. The molecule has 2 N–H and O–H groups in total. The Morgan fingerprint density at radius 2 is 2.27 bits per heavy atom. The van der Waals surface area contributed by atoms with Crippen LogP contribution in [0.1, 0.15) is 13.8 Å². The number of amides is 1. The maximum atomic E-state index is 11.3. The number of aliphatic hydroxyl groups is 1. The summed E-state index contributed by atoms with van der Waals surface area (Å²) in [4.78, 5) is 11.8. The molecule has 3 nitrogen and oxygen atoms in total. The van der Waals surface area contributed by atoms with E-state index in [1.165, 1.54) is 11.8 Å². The molecule has 1 rings (SSSR count). The van der Waals surface area contributed by atoms with Crippen LogP contribution in [0.15, 0.2) is 34.5 Å². The summed E-state index contributed by atoms with van der Waals surface area (Å²) in [5, 5.41) is 12.0. The van der Waals surface area contributed by atoms with Crippen LogP contribution in [0.5, 0.6) is 0 Å². The van der Waals surface area contributed by atoms with Gasteiger partial charge in [-0.25, -0.2) is 0 Å². The Labute approximate surface area is 97.9 Å². The first-order valence-electron chi connectivity index (χ1n) is 4.32. The molecule has 80 valence electrons. The number of hydrogen-bond acceptors (Lipinski definition) is 4. The molecular formula is C10H11NO2S2. The monoisotopic (exact) mass is 241 g/mol. The lowest BCUT2D eigenvalue weighted by molar-refractivity contribution is -0.115. The van der Waals surface area contributed by atoms with Gasteiger partial charge >= 0.3 is 0 Å². The van der Waals surface area contributed by atoms with Crippen molar-refractivity contribution < 1.29 is 9.90 Å². The molecule has 5 heteroatoms. The predicted octanol–water partition coefficient (Wildman–Crippen LogP) is 2.43. The van der Waals surface area contributed by atoms with E-state index >= 15 is 0 Å². The van der Waals surface area contributed by atoms with Gasteiger partial charge in [0.2, 0.25) is 0 Å². The van der Waals surface area contributed by atoms with E-state index in [9.17, 15) is 9.90 Å². The van der Waals surface area contributed by atoms with Gasteiger partial charge in [-0.15, -0.1) is 0 Å². The van der Waals surface area contributed by atoms with Gasteiger partial charge in [-0.1, -0.05) is 30.1 Å². The Bertz CT molecular complexity index is 394. The average Bonchev–Trinajstić information content (AvgIpc) is 2.45. The molecule has 1 saturated heterocycles. The van der Waals surface area contributed by atoms with Crippen LogP contribution < -0.4 is 5.32 Å². The molecule has 0 aromatic heterocycles. The molecule has 0 unspecified atom stereocenters. The van der Waals surface area contributed by atoms with Gasteiger partial charge in [-0.3, -0.25) is 4.79 Å². The first kappa shape index (κ1) is 12.0. The van der Waals surface area contributed by atoms with Gasteiger partial charge in [0.1, 0.15) is 10.1 Å². The largest absolute Gasteiger partial charge is 0.508 e. The summed E-state index contributed by atoms with van der Waals surface area (Å²) in [5.74, 6) is -0.0613. The molecule has 0 bridgehead atoms. The Morgan fingerprint density at radius 1 is 1.60 bits per heavy atom. The average molecular weight is 241 g/mol. The Kier molecular flexibility index (Phi) is 4.11. The molecule has 0 spiro atoms. The van der Waals surface area contributed by atoms with Crippen LogP contribution in [-0.4, -0.2) is 15.3 Å². The summed E-state index contributed by atoms with van der Waals surface area (Å²) in [6.07, 6.45) is 4.92. The van der Waals surface area contributed by atoms with Crippen LogP contribution in [-0.2, 0) is 4.79 Å². The number of allylic oxidation sites excluding steroid dienone is 4. The first-order valence-corrected chi connectivity index (χ1v) is 5.54. The maximum Gasteiger partial charge on any atom is 0.263 e. The Hall–Kier alpha value is -1.07. The maximum absolute atomic E-state index is 11.3. The zero-order valence-electron chi connectivity index (χ0n) is 8.40. The number of thioether (sulfide) groups is 1. The van der Waals surface area contributed by atoms with Crippen molar-refractivity contribution in [2.45, 2.75) is 13.8 Å². The highest BCUT2D eigenvalue weighted by Crippen LogP contribution is 2.25. The van der Waals surface area contributed by atoms with Crippen molar-refractivity contribution in [2.75, 3.05) is 0 Å². The van der Waals surface area contributed by atoms with E-state index in [4.69, 9.17) is 12.2 Å². The molecule has 1 amide bonds. The van der Waals surface area contributed by atoms with Gasteiger partial charge in [-0.2, -0.15) is 0 Å². The Morgan fingerprint density at radius 3 is 2.73 bits per heavy atom. The van der Waals surface area contributed by atoms with Gasteiger partial charge in [0, 0.05) is 0 Å². The van der Waals surface area contributed by atoms with Crippen molar-refractivity contribution in [2.24, 2.45) is 0 Å². The van der Waals surface area contributed by atoms with Crippen molar-refractivity contribution in [1.29, 1.82) is 0 Å². The summed E-state index contributed by atoms with van der Waals surface area (Å²) in [6, 6.07) is 0. The minimum absolute atomic E-state index is 0.149. The third-order valence-corrected chi connectivity index (χ3v) is 2.88. The third-order valence-electron chi connectivity index (χ3n) is 1.72. The zero-order valence-corrected chi connectivity index (χ0v) is 10.0. The normalized spacial score (nSPS) is 21.1. The lowest BCUT2D eigenvalue weighted by Gasteiger charge is -1.97. The van der Waals surface area contributed by atoms with E-state index in [-0.39, 0.29) is 11.7 Å². The van der Waals surface area contributed by atoms with Gasteiger partial charge < -0.3 is 10.4 Å². The van der Waals surface area contributed by atoms with Crippen molar-refractivity contribution in [3.8, 4) is 0 Å². The molecule has 0 aliphatic carbocycles. The van der Waals surface area contributed by atoms with Crippen molar-refractivity contribution in [3.63, 3.8) is 0 Å². The lowest BCUT2D eigenvalue weighted by Crippen LogP contribution is -2.17. The molecule has 0 radical (unpaired) electrons. The minimum Gasteiger partial charge on any atom is -0.508 e. The molecule has 0 saturated carbocycles. The van der Waals surface area contributed by atoms with Gasteiger partial charge in [0.15, 0.2) is 0 Å². The summed E-state index contributed by atoms with van der Waals surface area (Å²) in [6.45, 7) is 3.54. The fourth-order valence-corrected chi connectivity index (χ4v) is 2.07. The Balaban J connectivity index is 2.93. The fraction of sp³-hybridized carbons (Fsp3) is 0.200. The topological polar surface area (TPSA) is 49.3 Å². The fourth-order valence-electron chi connectivity index (χ4n) is 0.981. The summed E-state index contributed by atoms with van der Waals surface area (Å²) in [7, 11) is 0. The van der Waals surface area contributed by atoms with Crippen molar-refractivity contribution >= 4 is 34.2 Å². The molecule has 15 heavy (non-hydrogen) atoms. The SMILES string of the molecule is C\C=C/C(O)=C(C)/C=C1\SC(=S)NC1=O. The summed E-state index contributed by atoms with van der Waals surface area (Å²) < 4.78 is 0.449. The van der Waals surface area contributed by atoms with E-state index in [0.29, 0.717) is 14.8 Å². The second kappa shape index (κ2) is 5.14. The molecule has 0 aromatic rings. The smallest absolute Gasteiger partial charge is 0.263 e. The molecule has 0 aromatic carbocycles. The highest BCUT2D eigenvalue weighted by Gasteiger charge is 2.21. The lowest BCUT2D eigenvalue weighted by atomic mass is 10.2. The zero-order chi connectivity index (χ0) is 11.4. The molecule has 0 atom stereocenters. The number of rotatable bonds is 2. The highest BCUT2D eigenvalue weighted by molar-refractivity contribution is 8.26. The predicted molar refractivity (Wildman–Crippen MR) is 66.6 cm³/mol. The van der Waals surface area contributed by atoms with E-state index in [1.54, 1.807) is 25.2 Å². The number of carbonyl (C=O) groups excluding carboxylic acids is 1. The second-order valence-electron chi connectivity index (χ2n) is 2.92. The standard InChI is InChI=1S/C10H11NO2S2/c1-3-4-7(12)6(2)5-8-9(13)11-10(14)15-8/h3-5,12H,1-2H3,(H,11,13,14)/b4-3-,7-6-,8-5-. The van der Waals surface area contributed by atoms with Gasteiger partial charge in [0.25, 0.3) is 5.91 Å². The van der Waals surface area contributed by atoms with Crippen LogP contribution in [0.2, 0.25) is 0 Å². The second-order valence-corrected chi connectivity index (χ2v) is 4.64. The van der Waals surface area contributed by atoms with Crippen LogP contribution in [0.25, 0.3) is 0 Å². The van der Waals surface area contributed by atoms with E-state index in [1.807, 2.05) is 6.92 Å². The van der Waals surface area contributed by atoms with Crippen molar-refractivity contribution in [1.82, 2.24) is 5.32 Å². The van der Waals surface area contributed by atoms with Gasteiger partial charge in [-0.05, 0) is 31.6 Å².